The predicted octanol–water partition coefficient (Wildman–Crippen LogP) is 1.21. The Morgan fingerprint density at radius 2 is 2.27 bits per heavy atom. The lowest BCUT2D eigenvalue weighted by Crippen LogP contribution is -2.09. The van der Waals surface area contributed by atoms with Gasteiger partial charge in [-0.25, -0.2) is 9.78 Å². The van der Waals surface area contributed by atoms with Crippen molar-refractivity contribution in [3.8, 4) is 0 Å². The molecule has 0 saturated carbocycles. The fourth-order valence-electron chi connectivity index (χ4n) is 1.45. The molecule has 0 atom stereocenters. The first-order valence-corrected chi connectivity index (χ1v) is 4.69. The van der Waals surface area contributed by atoms with E-state index in [2.05, 4.69) is 9.97 Å². The summed E-state index contributed by atoms with van der Waals surface area (Å²) in [6, 6.07) is 0. The summed E-state index contributed by atoms with van der Waals surface area (Å²) in [5.74, 6) is -0.362. The number of ether oxygens (including phenoxy) is 1. The summed E-state index contributed by atoms with van der Waals surface area (Å²) in [6.45, 7) is 4.00. The van der Waals surface area contributed by atoms with Gasteiger partial charge in [-0.3, -0.25) is 9.38 Å². The molecule has 2 aromatic heterocycles. The fourth-order valence-corrected chi connectivity index (χ4v) is 1.45. The average molecular weight is 205 g/mol. The summed E-state index contributed by atoms with van der Waals surface area (Å²) in [7, 11) is 0. The second-order valence-corrected chi connectivity index (χ2v) is 3.11. The minimum Gasteiger partial charge on any atom is -0.461 e. The van der Waals surface area contributed by atoms with Crippen molar-refractivity contribution in [1.82, 2.24) is 14.4 Å². The van der Waals surface area contributed by atoms with Crippen LogP contribution in [0, 0.1) is 6.92 Å². The first kappa shape index (κ1) is 9.64. The zero-order valence-electron chi connectivity index (χ0n) is 8.60. The SMILES string of the molecule is CCOC(=O)c1cnc2cncc(C)n12. The fraction of sp³-hybridized carbons (Fsp3) is 0.300. The van der Waals surface area contributed by atoms with Gasteiger partial charge in [0.1, 0.15) is 0 Å². The maximum atomic E-state index is 11.6. The lowest BCUT2D eigenvalue weighted by atomic mass is 10.4. The average Bonchev–Trinajstić information content (AvgIpc) is 2.63. The van der Waals surface area contributed by atoms with Crippen LogP contribution in [0.1, 0.15) is 23.1 Å². The smallest absolute Gasteiger partial charge is 0.356 e. The molecule has 0 aliphatic rings. The normalized spacial score (nSPS) is 10.5. The summed E-state index contributed by atoms with van der Waals surface area (Å²) in [5.41, 5.74) is 1.94. The van der Waals surface area contributed by atoms with E-state index in [0.717, 1.165) is 5.69 Å². The highest BCUT2D eigenvalue weighted by molar-refractivity contribution is 5.88. The van der Waals surface area contributed by atoms with Crippen LogP contribution in [0.5, 0.6) is 0 Å². The number of nitrogens with zero attached hydrogens (tertiary/aromatic N) is 3. The van der Waals surface area contributed by atoms with Crippen LogP contribution in [0.3, 0.4) is 0 Å². The molecule has 78 valence electrons. The van der Waals surface area contributed by atoms with Gasteiger partial charge in [-0.1, -0.05) is 0 Å². The molecule has 0 aromatic carbocycles. The van der Waals surface area contributed by atoms with E-state index in [1.807, 2.05) is 6.92 Å². The van der Waals surface area contributed by atoms with Crippen molar-refractivity contribution in [1.29, 1.82) is 0 Å². The van der Waals surface area contributed by atoms with Crippen LogP contribution in [-0.4, -0.2) is 26.9 Å². The monoisotopic (exact) mass is 205 g/mol. The van der Waals surface area contributed by atoms with E-state index in [0.29, 0.717) is 17.9 Å². The lowest BCUT2D eigenvalue weighted by molar-refractivity contribution is 0.0518. The molecule has 0 fully saturated rings. The van der Waals surface area contributed by atoms with E-state index in [1.54, 1.807) is 23.7 Å². The highest BCUT2D eigenvalue weighted by atomic mass is 16.5. The maximum absolute atomic E-state index is 11.6. The number of fused-ring (bicyclic) bond motifs is 1. The van der Waals surface area contributed by atoms with Crippen LogP contribution < -0.4 is 0 Å². The molecule has 2 aromatic rings. The molecule has 5 nitrogen and oxygen atoms in total. The molecule has 0 aliphatic heterocycles. The van der Waals surface area contributed by atoms with E-state index in [1.165, 1.54) is 6.20 Å². The number of aromatic nitrogens is 3. The molecule has 0 radical (unpaired) electrons. The third-order valence-electron chi connectivity index (χ3n) is 2.08. The summed E-state index contributed by atoms with van der Waals surface area (Å²) in [6.07, 6.45) is 4.79. The van der Waals surface area contributed by atoms with Gasteiger partial charge in [-0.05, 0) is 13.8 Å². The molecular weight excluding hydrogens is 194 g/mol. The van der Waals surface area contributed by atoms with Crippen LogP contribution >= 0.6 is 0 Å². The Labute approximate surface area is 86.7 Å². The number of imidazole rings is 1. The Morgan fingerprint density at radius 3 is 3.00 bits per heavy atom. The van der Waals surface area contributed by atoms with Crippen LogP contribution in [-0.2, 0) is 4.74 Å². The van der Waals surface area contributed by atoms with Crippen molar-refractivity contribution >= 4 is 11.6 Å². The minimum atomic E-state index is -0.362. The summed E-state index contributed by atoms with van der Waals surface area (Å²) >= 11 is 0. The van der Waals surface area contributed by atoms with Crippen molar-refractivity contribution in [3.05, 3.63) is 30.0 Å². The molecule has 2 heterocycles. The van der Waals surface area contributed by atoms with E-state index in [9.17, 15) is 4.79 Å². The van der Waals surface area contributed by atoms with Gasteiger partial charge in [0.15, 0.2) is 11.3 Å². The highest BCUT2D eigenvalue weighted by Gasteiger charge is 2.13. The van der Waals surface area contributed by atoms with Crippen molar-refractivity contribution in [2.24, 2.45) is 0 Å². The van der Waals surface area contributed by atoms with Crippen LogP contribution in [0.25, 0.3) is 5.65 Å². The van der Waals surface area contributed by atoms with Crippen molar-refractivity contribution in [2.75, 3.05) is 6.61 Å². The third-order valence-corrected chi connectivity index (χ3v) is 2.08. The van der Waals surface area contributed by atoms with Crippen molar-refractivity contribution in [3.63, 3.8) is 0 Å². The van der Waals surface area contributed by atoms with Crippen LogP contribution in [0.4, 0.5) is 0 Å². The van der Waals surface area contributed by atoms with Crippen molar-refractivity contribution in [2.45, 2.75) is 13.8 Å². The topological polar surface area (TPSA) is 56.5 Å². The zero-order chi connectivity index (χ0) is 10.8. The molecule has 2 rings (SSSR count). The molecule has 0 aliphatic carbocycles. The third kappa shape index (κ3) is 1.56. The number of carbonyl (C=O) groups is 1. The Bertz CT molecular complexity index is 504. The van der Waals surface area contributed by atoms with Crippen molar-refractivity contribution < 1.29 is 9.53 Å². The number of aryl methyl sites for hydroxylation is 1. The predicted molar refractivity (Wildman–Crippen MR) is 53.7 cm³/mol. The molecule has 5 heteroatoms. The molecule has 0 saturated heterocycles. The molecule has 0 N–H and O–H groups in total. The Hall–Kier alpha value is -1.91. The number of esters is 1. The number of hydrogen-bond acceptors (Lipinski definition) is 4. The van der Waals surface area contributed by atoms with E-state index in [-0.39, 0.29) is 5.97 Å². The molecule has 0 unspecified atom stereocenters. The minimum absolute atomic E-state index is 0.357. The van der Waals surface area contributed by atoms with Gasteiger partial charge in [0, 0.05) is 11.9 Å². The summed E-state index contributed by atoms with van der Waals surface area (Å²) in [5, 5.41) is 0. The molecular formula is C10H11N3O2. The van der Waals surface area contributed by atoms with Gasteiger partial charge in [-0.2, -0.15) is 0 Å². The van der Waals surface area contributed by atoms with Gasteiger partial charge in [0.2, 0.25) is 0 Å². The number of carbonyl (C=O) groups excluding carboxylic acids is 1. The van der Waals surface area contributed by atoms with E-state index in [4.69, 9.17) is 4.74 Å². The summed E-state index contributed by atoms with van der Waals surface area (Å²) in [4.78, 5) is 19.6. The Morgan fingerprint density at radius 1 is 1.47 bits per heavy atom. The van der Waals surface area contributed by atoms with E-state index >= 15 is 0 Å². The van der Waals surface area contributed by atoms with Gasteiger partial charge in [-0.15, -0.1) is 0 Å². The lowest BCUT2D eigenvalue weighted by Gasteiger charge is -2.03. The molecule has 0 spiro atoms. The maximum Gasteiger partial charge on any atom is 0.356 e. The second kappa shape index (κ2) is 3.68. The first-order chi connectivity index (χ1) is 7.24. The largest absolute Gasteiger partial charge is 0.461 e. The second-order valence-electron chi connectivity index (χ2n) is 3.11. The summed E-state index contributed by atoms with van der Waals surface area (Å²) < 4.78 is 6.66. The Balaban J connectivity index is 2.57. The molecule has 0 amide bonds. The van der Waals surface area contributed by atoms with Gasteiger partial charge < -0.3 is 4.74 Å². The van der Waals surface area contributed by atoms with Crippen LogP contribution in [0.15, 0.2) is 18.6 Å². The first-order valence-electron chi connectivity index (χ1n) is 4.69. The van der Waals surface area contributed by atoms with Crippen LogP contribution in [0.2, 0.25) is 0 Å². The standard InChI is InChI=1S/C10H11N3O2/c1-3-15-10(14)8-5-12-9-6-11-4-7(2)13(8)9/h4-6H,3H2,1-2H3. The van der Waals surface area contributed by atoms with Gasteiger partial charge in [0.25, 0.3) is 0 Å². The number of hydrogen-bond donors (Lipinski definition) is 0. The number of rotatable bonds is 2. The molecule has 15 heavy (non-hydrogen) atoms. The zero-order valence-corrected chi connectivity index (χ0v) is 8.60. The van der Waals surface area contributed by atoms with Gasteiger partial charge in [0.05, 0.1) is 19.0 Å². The highest BCUT2D eigenvalue weighted by Crippen LogP contribution is 2.09. The molecule has 0 bridgehead atoms. The van der Waals surface area contributed by atoms with E-state index < -0.39 is 0 Å². The Kier molecular flexibility index (Phi) is 2.37. The quantitative estimate of drug-likeness (QED) is 0.691. The van der Waals surface area contributed by atoms with Gasteiger partial charge >= 0.3 is 5.97 Å².